The summed E-state index contributed by atoms with van der Waals surface area (Å²) in [7, 11) is 0. The molecule has 1 heterocycles. The molecule has 0 bridgehead atoms. The summed E-state index contributed by atoms with van der Waals surface area (Å²) in [6.07, 6.45) is 0. The maximum atomic E-state index is 11.3. The molecule has 1 aromatic heterocycles. The van der Waals surface area contributed by atoms with Crippen molar-refractivity contribution in [2.45, 2.75) is 26.8 Å². The van der Waals surface area contributed by atoms with Gasteiger partial charge < -0.3 is 0 Å². The number of benzene rings is 1. The summed E-state index contributed by atoms with van der Waals surface area (Å²) in [5.41, 5.74) is 1.56. The van der Waals surface area contributed by atoms with Crippen LogP contribution in [0, 0.1) is 0 Å². The third-order valence-corrected chi connectivity index (χ3v) is 3.32. The average molecular weight is 281 g/mol. The minimum atomic E-state index is 0.0668. The smallest absolute Gasteiger partial charge is 0.159 e. The third kappa shape index (κ3) is 1.78. The molecule has 0 amide bonds. The summed E-state index contributed by atoms with van der Waals surface area (Å²) in [4.78, 5) is 11.3. The predicted molar refractivity (Wildman–Crippen MR) is 67.8 cm³/mol. The van der Waals surface area contributed by atoms with Crippen LogP contribution in [0.4, 0.5) is 0 Å². The van der Waals surface area contributed by atoms with E-state index in [2.05, 4.69) is 34.9 Å². The first-order chi connectivity index (χ1) is 7.50. The lowest BCUT2D eigenvalue weighted by Crippen LogP contribution is -2.02. The van der Waals surface area contributed by atoms with Crippen molar-refractivity contribution in [1.29, 1.82) is 0 Å². The summed E-state index contributed by atoms with van der Waals surface area (Å²) in [6.45, 7) is 5.71. The molecule has 4 heteroatoms. The van der Waals surface area contributed by atoms with Gasteiger partial charge in [-0.25, -0.2) is 0 Å². The van der Waals surface area contributed by atoms with Gasteiger partial charge in [-0.05, 0) is 48.8 Å². The number of hydrogen-bond acceptors (Lipinski definition) is 2. The van der Waals surface area contributed by atoms with Gasteiger partial charge in [0.1, 0.15) is 4.60 Å². The normalized spacial score (nSPS) is 11.3. The van der Waals surface area contributed by atoms with Gasteiger partial charge in [-0.15, -0.1) is 0 Å². The number of nitrogens with zero attached hydrogens (tertiary/aromatic N) is 2. The number of Topliss-reactive ketones (excluding diaryl/α,β-unsaturated/α-hetero) is 1. The molecule has 0 saturated heterocycles. The Balaban J connectivity index is 2.67. The number of ketones is 1. The van der Waals surface area contributed by atoms with Gasteiger partial charge in [0.2, 0.25) is 0 Å². The van der Waals surface area contributed by atoms with Crippen LogP contribution in [0.25, 0.3) is 10.9 Å². The minimum Gasteiger partial charge on any atom is -0.295 e. The predicted octanol–water partition coefficient (Wildman–Crippen LogP) is 3.58. The van der Waals surface area contributed by atoms with Crippen molar-refractivity contribution < 1.29 is 4.79 Å². The topological polar surface area (TPSA) is 34.9 Å². The molecule has 0 aliphatic heterocycles. The van der Waals surface area contributed by atoms with Crippen LogP contribution in [-0.2, 0) is 0 Å². The zero-order valence-corrected chi connectivity index (χ0v) is 11.1. The second kappa shape index (κ2) is 4.01. The molecule has 0 N–H and O–H groups in total. The van der Waals surface area contributed by atoms with Gasteiger partial charge in [0, 0.05) is 17.0 Å². The Morgan fingerprint density at radius 1 is 1.44 bits per heavy atom. The van der Waals surface area contributed by atoms with E-state index in [0.29, 0.717) is 11.6 Å². The molecule has 3 nitrogen and oxygen atoms in total. The lowest BCUT2D eigenvalue weighted by molar-refractivity contribution is 0.101. The molecule has 84 valence electrons. The highest BCUT2D eigenvalue weighted by Crippen LogP contribution is 2.27. The van der Waals surface area contributed by atoms with Gasteiger partial charge in [-0.2, -0.15) is 5.10 Å². The summed E-state index contributed by atoms with van der Waals surface area (Å²) < 4.78 is 2.88. The molecule has 0 fully saturated rings. The van der Waals surface area contributed by atoms with E-state index < -0.39 is 0 Å². The first-order valence-corrected chi connectivity index (χ1v) is 5.98. The summed E-state index contributed by atoms with van der Waals surface area (Å²) in [6, 6.07) is 5.90. The molecule has 0 radical (unpaired) electrons. The zero-order chi connectivity index (χ0) is 11.9. The number of carbonyl (C=O) groups is 1. The van der Waals surface area contributed by atoms with Crippen LogP contribution in [0.1, 0.15) is 37.2 Å². The van der Waals surface area contributed by atoms with Crippen LogP contribution in [-0.4, -0.2) is 15.6 Å². The van der Waals surface area contributed by atoms with Crippen LogP contribution in [0.5, 0.6) is 0 Å². The Morgan fingerprint density at radius 2 is 2.12 bits per heavy atom. The van der Waals surface area contributed by atoms with E-state index in [1.54, 1.807) is 6.92 Å². The molecular formula is C12H13BrN2O. The van der Waals surface area contributed by atoms with E-state index in [0.717, 1.165) is 15.5 Å². The van der Waals surface area contributed by atoms with Crippen molar-refractivity contribution >= 4 is 32.6 Å². The first kappa shape index (κ1) is 11.3. The molecule has 0 aliphatic carbocycles. The molecule has 1 aromatic carbocycles. The van der Waals surface area contributed by atoms with Gasteiger partial charge in [0.05, 0.1) is 5.52 Å². The van der Waals surface area contributed by atoms with Crippen molar-refractivity contribution in [2.24, 2.45) is 0 Å². The van der Waals surface area contributed by atoms with E-state index in [9.17, 15) is 4.79 Å². The largest absolute Gasteiger partial charge is 0.295 e. The van der Waals surface area contributed by atoms with E-state index in [1.165, 1.54) is 0 Å². The molecule has 0 saturated carbocycles. The molecule has 0 atom stereocenters. The van der Waals surface area contributed by atoms with Gasteiger partial charge in [0.25, 0.3) is 0 Å². The highest BCUT2D eigenvalue weighted by atomic mass is 79.9. The fourth-order valence-electron chi connectivity index (χ4n) is 1.63. The summed E-state index contributed by atoms with van der Waals surface area (Å²) in [5.74, 6) is 0.0668. The first-order valence-electron chi connectivity index (χ1n) is 5.19. The SMILES string of the molecule is CC(=O)c1ccc2c(Br)n(C(C)C)nc2c1. The Morgan fingerprint density at radius 3 is 2.69 bits per heavy atom. The van der Waals surface area contributed by atoms with Crippen LogP contribution in [0.15, 0.2) is 22.8 Å². The van der Waals surface area contributed by atoms with E-state index in [-0.39, 0.29) is 5.78 Å². The fraction of sp³-hybridized carbons (Fsp3) is 0.333. The zero-order valence-electron chi connectivity index (χ0n) is 9.49. The van der Waals surface area contributed by atoms with Crippen molar-refractivity contribution in [1.82, 2.24) is 9.78 Å². The minimum absolute atomic E-state index is 0.0668. The summed E-state index contributed by atoms with van der Waals surface area (Å²) in [5, 5.41) is 5.51. The average Bonchev–Trinajstić information content (AvgIpc) is 2.55. The number of fused-ring (bicyclic) bond motifs is 1. The quantitative estimate of drug-likeness (QED) is 0.788. The number of hydrogen-bond donors (Lipinski definition) is 0. The lowest BCUT2D eigenvalue weighted by atomic mass is 10.1. The van der Waals surface area contributed by atoms with Crippen molar-refractivity contribution in [3.05, 3.63) is 28.4 Å². The van der Waals surface area contributed by atoms with Gasteiger partial charge in [-0.3, -0.25) is 9.48 Å². The number of halogens is 1. The second-order valence-electron chi connectivity index (χ2n) is 4.12. The van der Waals surface area contributed by atoms with Crippen molar-refractivity contribution in [2.75, 3.05) is 0 Å². The van der Waals surface area contributed by atoms with Gasteiger partial charge >= 0.3 is 0 Å². The number of carbonyl (C=O) groups excluding carboxylic acids is 1. The van der Waals surface area contributed by atoms with Gasteiger partial charge in [-0.1, -0.05) is 6.07 Å². The van der Waals surface area contributed by atoms with Crippen molar-refractivity contribution in [3.8, 4) is 0 Å². The monoisotopic (exact) mass is 280 g/mol. The Labute approximate surface area is 103 Å². The molecule has 16 heavy (non-hydrogen) atoms. The lowest BCUT2D eigenvalue weighted by Gasteiger charge is -2.05. The molecule has 2 aromatic rings. The molecule has 0 aliphatic rings. The molecule has 0 unspecified atom stereocenters. The van der Waals surface area contributed by atoms with Crippen LogP contribution >= 0.6 is 15.9 Å². The summed E-state index contributed by atoms with van der Waals surface area (Å²) >= 11 is 3.53. The van der Waals surface area contributed by atoms with Gasteiger partial charge in [0.15, 0.2) is 5.78 Å². The second-order valence-corrected chi connectivity index (χ2v) is 4.87. The Bertz CT molecular complexity index is 557. The Hall–Kier alpha value is -1.16. The van der Waals surface area contributed by atoms with Crippen LogP contribution in [0.2, 0.25) is 0 Å². The standard InChI is InChI=1S/C12H13BrN2O/c1-7(2)15-12(13)10-5-4-9(8(3)16)6-11(10)14-15/h4-7H,1-3H3. The van der Waals surface area contributed by atoms with E-state index in [1.807, 2.05) is 22.9 Å². The highest BCUT2D eigenvalue weighted by Gasteiger charge is 2.12. The maximum Gasteiger partial charge on any atom is 0.159 e. The highest BCUT2D eigenvalue weighted by molar-refractivity contribution is 9.10. The molecule has 0 spiro atoms. The molecule has 2 rings (SSSR count). The Kier molecular flexibility index (Phi) is 2.84. The van der Waals surface area contributed by atoms with E-state index >= 15 is 0 Å². The van der Waals surface area contributed by atoms with Crippen molar-refractivity contribution in [3.63, 3.8) is 0 Å². The van der Waals surface area contributed by atoms with E-state index in [4.69, 9.17) is 0 Å². The van der Waals surface area contributed by atoms with Crippen LogP contribution < -0.4 is 0 Å². The van der Waals surface area contributed by atoms with Crippen LogP contribution in [0.3, 0.4) is 0 Å². The number of rotatable bonds is 2. The molecular weight excluding hydrogens is 268 g/mol. The maximum absolute atomic E-state index is 11.3. The fourth-order valence-corrected chi connectivity index (χ4v) is 2.46. The third-order valence-electron chi connectivity index (χ3n) is 2.53. The number of aromatic nitrogens is 2.